The summed E-state index contributed by atoms with van der Waals surface area (Å²) in [4.78, 5) is 13.9. The molecule has 1 unspecified atom stereocenters. The molecule has 5 aromatic rings. The number of fused-ring (bicyclic) bond motifs is 2. The molecule has 230 valence electrons. The minimum absolute atomic E-state index is 0.220. The van der Waals surface area contributed by atoms with Gasteiger partial charge in [-0.25, -0.2) is 4.79 Å². The van der Waals surface area contributed by atoms with Crippen LogP contribution in [0.4, 0.5) is 0 Å². The van der Waals surface area contributed by atoms with Crippen LogP contribution >= 0.6 is 0 Å². The van der Waals surface area contributed by atoms with Crippen LogP contribution in [-0.4, -0.2) is 46.7 Å². The van der Waals surface area contributed by atoms with Gasteiger partial charge in [0.2, 0.25) is 6.79 Å². The molecule has 8 heteroatoms. The van der Waals surface area contributed by atoms with E-state index in [-0.39, 0.29) is 6.79 Å². The van der Waals surface area contributed by atoms with Crippen LogP contribution in [0.2, 0.25) is 0 Å². The van der Waals surface area contributed by atoms with Crippen molar-refractivity contribution in [3.05, 3.63) is 108 Å². The van der Waals surface area contributed by atoms with E-state index in [4.69, 9.17) is 18.9 Å². The maximum absolute atomic E-state index is 12.0. The highest BCUT2D eigenvalue weighted by Gasteiger charge is 2.29. The fourth-order valence-electron chi connectivity index (χ4n) is 6.33. The van der Waals surface area contributed by atoms with E-state index >= 15 is 0 Å². The fraction of sp³-hybridized carbons (Fsp3) is 0.270. The highest BCUT2D eigenvalue weighted by atomic mass is 16.7. The third-order valence-electron chi connectivity index (χ3n) is 8.63. The Balaban J connectivity index is 1.20. The molecule has 1 saturated heterocycles. The Morgan fingerprint density at radius 3 is 2.38 bits per heavy atom. The first-order chi connectivity index (χ1) is 22.0. The van der Waals surface area contributed by atoms with Gasteiger partial charge in [-0.15, -0.1) is 0 Å². The van der Waals surface area contributed by atoms with Crippen molar-refractivity contribution in [2.75, 3.05) is 19.9 Å². The van der Waals surface area contributed by atoms with E-state index in [0.29, 0.717) is 18.9 Å². The van der Waals surface area contributed by atoms with Crippen LogP contribution in [-0.2, 0) is 17.9 Å². The maximum atomic E-state index is 12.0. The van der Waals surface area contributed by atoms with E-state index in [1.54, 1.807) is 0 Å². The Bertz CT molecular complexity index is 1810. The molecule has 1 fully saturated rings. The third-order valence-corrected chi connectivity index (χ3v) is 8.63. The summed E-state index contributed by atoms with van der Waals surface area (Å²) in [5.74, 6) is 1.87. The Morgan fingerprint density at radius 2 is 1.60 bits per heavy atom. The van der Waals surface area contributed by atoms with E-state index < -0.39 is 12.2 Å². The van der Waals surface area contributed by atoms with Crippen molar-refractivity contribution in [1.82, 2.24) is 9.47 Å². The van der Waals surface area contributed by atoms with Crippen LogP contribution < -0.4 is 18.9 Å². The molecule has 1 atom stereocenters. The summed E-state index contributed by atoms with van der Waals surface area (Å²) in [7, 11) is 0. The molecule has 1 aromatic heterocycles. The summed E-state index contributed by atoms with van der Waals surface area (Å²) in [6.45, 7) is 4.93. The number of piperidine rings is 1. The number of benzene rings is 4. The average molecular weight is 605 g/mol. The van der Waals surface area contributed by atoms with Gasteiger partial charge in [-0.2, -0.15) is 0 Å². The molecule has 45 heavy (non-hydrogen) atoms. The van der Waals surface area contributed by atoms with Gasteiger partial charge in [0, 0.05) is 36.1 Å². The molecule has 0 radical (unpaired) electrons. The molecular weight excluding hydrogens is 568 g/mol. The number of aliphatic carboxylic acids is 1. The molecule has 2 aliphatic heterocycles. The van der Waals surface area contributed by atoms with Crippen molar-refractivity contribution in [2.24, 2.45) is 0 Å². The van der Waals surface area contributed by atoms with Gasteiger partial charge in [-0.3, -0.25) is 4.90 Å². The monoisotopic (exact) mass is 604 g/mol. The number of ether oxygens (including phenoxy) is 4. The fourth-order valence-corrected chi connectivity index (χ4v) is 6.33. The van der Waals surface area contributed by atoms with E-state index in [0.717, 1.165) is 88.5 Å². The normalized spacial score (nSPS) is 15.2. The average Bonchev–Trinajstić information content (AvgIpc) is 3.65. The largest absolute Gasteiger partial charge is 0.489 e. The zero-order chi connectivity index (χ0) is 30.8. The van der Waals surface area contributed by atoms with Crippen molar-refractivity contribution in [3.63, 3.8) is 0 Å². The highest BCUT2D eigenvalue weighted by molar-refractivity contribution is 5.93. The minimum Gasteiger partial charge on any atom is -0.489 e. The summed E-state index contributed by atoms with van der Waals surface area (Å²) in [6.07, 6.45) is 2.12. The molecule has 3 heterocycles. The van der Waals surface area contributed by atoms with Crippen molar-refractivity contribution < 1.29 is 28.8 Å². The predicted octanol–water partition coefficient (Wildman–Crippen LogP) is 7.25. The molecule has 0 bridgehead atoms. The number of hydrogen-bond acceptors (Lipinski definition) is 6. The quantitative estimate of drug-likeness (QED) is 0.180. The predicted molar refractivity (Wildman–Crippen MR) is 172 cm³/mol. The molecule has 1 N–H and O–H groups in total. The second-order valence-electron chi connectivity index (χ2n) is 11.6. The standard InChI is InChI=1S/C37H36N2O6/c1-25-31-21-30(42-23-27-8-4-2-5-9-27)15-16-32(31)39(35(25)28-12-17-33-34(20-28)44-24-43-33)22-26-10-13-29(14-11-26)45-36(37(40)41)38-18-6-3-7-19-38/h2,4-5,8-17,20-21,36H,3,6-7,18-19,22-24H2,1H3,(H,40,41). The number of nitrogens with zero attached hydrogens (tertiary/aromatic N) is 2. The van der Waals surface area contributed by atoms with Gasteiger partial charge in [0.05, 0.1) is 5.69 Å². The van der Waals surface area contributed by atoms with Gasteiger partial charge in [0.25, 0.3) is 6.23 Å². The van der Waals surface area contributed by atoms with Crippen LogP contribution in [0.1, 0.15) is 36.0 Å². The number of aromatic nitrogens is 1. The van der Waals surface area contributed by atoms with Gasteiger partial charge in [0.15, 0.2) is 11.5 Å². The molecule has 8 nitrogen and oxygen atoms in total. The Morgan fingerprint density at radius 1 is 0.844 bits per heavy atom. The number of carboxylic acid groups (broad SMARTS) is 1. The van der Waals surface area contributed by atoms with Crippen LogP contribution in [0, 0.1) is 6.92 Å². The Hall–Kier alpha value is -4.95. The smallest absolute Gasteiger partial charge is 0.360 e. The van der Waals surface area contributed by atoms with Gasteiger partial charge < -0.3 is 28.6 Å². The Kier molecular flexibility index (Phi) is 8.05. The van der Waals surface area contributed by atoms with Gasteiger partial charge in [-0.05, 0) is 85.0 Å². The van der Waals surface area contributed by atoms with E-state index in [1.165, 1.54) is 0 Å². The van der Waals surface area contributed by atoms with E-state index in [1.807, 2.05) is 65.6 Å². The number of likely N-dealkylation sites (tertiary alicyclic amines) is 1. The molecule has 0 aliphatic carbocycles. The van der Waals surface area contributed by atoms with Crippen molar-refractivity contribution in [2.45, 2.75) is 45.6 Å². The summed E-state index contributed by atoms with van der Waals surface area (Å²) in [5, 5.41) is 11.0. The second-order valence-corrected chi connectivity index (χ2v) is 11.6. The minimum atomic E-state index is -0.983. The first-order valence-corrected chi connectivity index (χ1v) is 15.5. The van der Waals surface area contributed by atoms with Crippen LogP contribution in [0.3, 0.4) is 0 Å². The Labute approximate surface area is 262 Å². The molecule has 4 aromatic carbocycles. The topological polar surface area (TPSA) is 82.4 Å². The summed E-state index contributed by atoms with van der Waals surface area (Å²) >= 11 is 0. The lowest BCUT2D eigenvalue weighted by molar-refractivity contribution is -0.155. The van der Waals surface area contributed by atoms with Crippen LogP contribution in [0.15, 0.2) is 91.0 Å². The lowest BCUT2D eigenvalue weighted by Crippen LogP contribution is -2.47. The van der Waals surface area contributed by atoms with E-state index in [2.05, 4.69) is 41.8 Å². The molecular formula is C37H36N2O6. The third kappa shape index (κ3) is 6.06. The molecule has 0 amide bonds. The molecule has 2 aliphatic rings. The summed E-state index contributed by atoms with van der Waals surface area (Å²) in [5.41, 5.74) is 6.52. The zero-order valence-electron chi connectivity index (χ0n) is 25.3. The zero-order valence-corrected chi connectivity index (χ0v) is 25.3. The number of rotatable bonds is 10. The number of hydrogen-bond donors (Lipinski definition) is 1. The first kappa shape index (κ1) is 28.8. The molecule has 0 saturated carbocycles. The summed E-state index contributed by atoms with van der Waals surface area (Å²) < 4.78 is 25.8. The van der Waals surface area contributed by atoms with Crippen LogP contribution in [0.25, 0.3) is 22.2 Å². The lowest BCUT2D eigenvalue weighted by Gasteiger charge is -2.31. The number of carboxylic acids is 1. The SMILES string of the molecule is Cc1c(-c2ccc3c(c2)OCO3)n(Cc2ccc(OC(C(=O)O)N3CCCCC3)cc2)c2ccc(OCc3ccccc3)cc12. The highest BCUT2D eigenvalue weighted by Crippen LogP contribution is 2.41. The maximum Gasteiger partial charge on any atom is 0.360 e. The van der Waals surface area contributed by atoms with Crippen molar-refractivity contribution >= 4 is 16.9 Å². The van der Waals surface area contributed by atoms with Crippen molar-refractivity contribution in [1.29, 1.82) is 0 Å². The van der Waals surface area contributed by atoms with Crippen LogP contribution in [0.5, 0.6) is 23.0 Å². The van der Waals surface area contributed by atoms with Gasteiger partial charge in [0.1, 0.15) is 18.1 Å². The molecule has 7 rings (SSSR count). The molecule has 0 spiro atoms. The number of carbonyl (C=O) groups is 1. The van der Waals surface area contributed by atoms with Crippen molar-refractivity contribution in [3.8, 4) is 34.3 Å². The van der Waals surface area contributed by atoms with E-state index in [9.17, 15) is 9.90 Å². The first-order valence-electron chi connectivity index (χ1n) is 15.5. The number of aryl methyl sites for hydroxylation is 1. The van der Waals surface area contributed by atoms with Gasteiger partial charge >= 0.3 is 5.97 Å². The second kappa shape index (κ2) is 12.6. The van der Waals surface area contributed by atoms with Gasteiger partial charge in [-0.1, -0.05) is 48.9 Å². The lowest BCUT2D eigenvalue weighted by atomic mass is 10.1. The summed E-state index contributed by atoms with van der Waals surface area (Å²) in [6, 6.07) is 30.2.